The fraction of sp³-hybridized carbons (Fsp3) is 0.0909. The molecule has 12 nitrogen and oxygen atoms in total. The van der Waals surface area contributed by atoms with Gasteiger partial charge in [0.05, 0.1) is 14.7 Å². The third-order valence-corrected chi connectivity index (χ3v) is 10.2. The second-order valence-electron chi connectivity index (χ2n) is 10.6. The zero-order valence-electron chi connectivity index (χ0n) is 25.0. The minimum Gasteiger partial charge on any atom is -0.342 e. The molecule has 1 atom stereocenters. The number of halogens is 2. The van der Waals surface area contributed by atoms with E-state index in [1.165, 1.54) is 6.08 Å². The van der Waals surface area contributed by atoms with Gasteiger partial charge in [-0.05, 0) is 76.5 Å². The van der Waals surface area contributed by atoms with Crippen LogP contribution in [0, 0.1) is 10.1 Å². The molecule has 250 valence electrons. The van der Waals surface area contributed by atoms with E-state index in [-0.39, 0.29) is 17.0 Å². The minimum atomic E-state index is -4.49. The molecule has 1 saturated heterocycles. The molecule has 0 radical (unpaired) electrons. The molecular weight excluding hydrogens is 760 g/mol. The van der Waals surface area contributed by atoms with Gasteiger partial charge in [-0.1, -0.05) is 76.1 Å². The number of hydrogen-bond acceptors (Lipinski definition) is 9. The smallest absolute Gasteiger partial charge is 0.294 e. The average Bonchev–Trinajstić information content (AvgIpc) is 3.33. The number of imide groups is 1. The van der Waals surface area contributed by atoms with Crippen LogP contribution in [0.1, 0.15) is 11.1 Å². The van der Waals surface area contributed by atoms with E-state index in [9.17, 15) is 37.7 Å². The van der Waals surface area contributed by atoms with Crippen molar-refractivity contribution in [3.8, 4) is 11.1 Å². The maximum atomic E-state index is 13.3. The first-order valence-electron chi connectivity index (χ1n) is 14.3. The van der Waals surface area contributed by atoms with Crippen LogP contribution in [-0.2, 0) is 30.8 Å². The Labute approximate surface area is 297 Å². The van der Waals surface area contributed by atoms with Crippen molar-refractivity contribution in [3.63, 3.8) is 0 Å². The van der Waals surface area contributed by atoms with Crippen molar-refractivity contribution < 1.29 is 32.5 Å². The monoisotopic (exact) mass is 782 g/mol. The number of sulfonamides is 1. The first kappa shape index (κ1) is 35.5. The number of amides is 4. The molecule has 2 N–H and O–H groups in total. The van der Waals surface area contributed by atoms with Crippen molar-refractivity contribution in [2.45, 2.75) is 17.4 Å². The standard InChI is InChI=1S/C33H24BrClN4O8S2/c34-24-9-3-20(4-10-24)17-28(31(41)37-49(46,47)27-15-13-26(14-16-27)39(44)45)36-30(40)19-38-32(42)29(48-33(38)43)18-21-1-5-22(6-2-21)23-7-11-25(35)12-8-23/h1-16,18,28H,17,19H2,(H,36,40)(H,37,41)/t28-/m0/s1. The number of benzene rings is 4. The van der Waals surface area contributed by atoms with E-state index in [1.807, 2.05) is 29.0 Å². The topological polar surface area (TPSA) is 173 Å². The van der Waals surface area contributed by atoms with Crippen LogP contribution in [0.15, 0.2) is 111 Å². The average molecular weight is 784 g/mol. The van der Waals surface area contributed by atoms with Crippen molar-refractivity contribution in [2.75, 3.05) is 6.54 Å². The normalized spacial score (nSPS) is 14.5. The van der Waals surface area contributed by atoms with Gasteiger partial charge in [0.1, 0.15) is 12.6 Å². The number of thioether (sulfide) groups is 1. The van der Waals surface area contributed by atoms with Gasteiger partial charge in [0, 0.05) is 28.0 Å². The van der Waals surface area contributed by atoms with Gasteiger partial charge < -0.3 is 5.32 Å². The molecular formula is C33H24BrClN4O8S2. The molecule has 1 heterocycles. The minimum absolute atomic E-state index is 0.0930. The maximum absolute atomic E-state index is 13.3. The Morgan fingerprint density at radius 2 is 1.51 bits per heavy atom. The highest BCUT2D eigenvalue weighted by atomic mass is 79.9. The van der Waals surface area contributed by atoms with Gasteiger partial charge in [-0.3, -0.25) is 34.2 Å². The van der Waals surface area contributed by atoms with Crippen LogP contribution in [0.4, 0.5) is 10.5 Å². The Hall–Kier alpha value is -4.83. The van der Waals surface area contributed by atoms with Crippen molar-refractivity contribution in [1.29, 1.82) is 0 Å². The Morgan fingerprint density at radius 3 is 2.10 bits per heavy atom. The summed E-state index contributed by atoms with van der Waals surface area (Å²) in [5.74, 6) is -2.70. The van der Waals surface area contributed by atoms with Gasteiger partial charge in [-0.25, -0.2) is 13.1 Å². The lowest BCUT2D eigenvalue weighted by Crippen LogP contribution is -2.52. The number of hydrogen-bond donors (Lipinski definition) is 2. The Kier molecular flexibility index (Phi) is 11.0. The second-order valence-corrected chi connectivity index (χ2v) is 14.6. The summed E-state index contributed by atoms with van der Waals surface area (Å²) in [5, 5.41) is 13.3. The zero-order chi connectivity index (χ0) is 35.3. The highest BCUT2D eigenvalue weighted by Gasteiger charge is 2.37. The van der Waals surface area contributed by atoms with Crippen molar-refractivity contribution in [1.82, 2.24) is 14.9 Å². The molecule has 1 aliphatic heterocycles. The van der Waals surface area contributed by atoms with Gasteiger partial charge in [-0.15, -0.1) is 0 Å². The van der Waals surface area contributed by atoms with E-state index >= 15 is 0 Å². The van der Waals surface area contributed by atoms with Crippen LogP contribution in [0.3, 0.4) is 0 Å². The summed E-state index contributed by atoms with van der Waals surface area (Å²) in [5.41, 5.74) is 2.72. The van der Waals surface area contributed by atoms with E-state index in [0.717, 1.165) is 44.8 Å². The fourth-order valence-electron chi connectivity index (χ4n) is 4.66. The third kappa shape index (κ3) is 9.00. The highest BCUT2D eigenvalue weighted by Crippen LogP contribution is 2.32. The van der Waals surface area contributed by atoms with Crippen LogP contribution in [0.25, 0.3) is 17.2 Å². The summed E-state index contributed by atoms with van der Waals surface area (Å²) < 4.78 is 28.5. The molecule has 0 spiro atoms. The van der Waals surface area contributed by atoms with E-state index in [0.29, 0.717) is 27.9 Å². The number of nitrogens with one attached hydrogen (secondary N) is 2. The number of non-ortho nitro benzene ring substituents is 1. The van der Waals surface area contributed by atoms with E-state index in [4.69, 9.17) is 11.6 Å². The van der Waals surface area contributed by atoms with Crippen LogP contribution in [0.5, 0.6) is 0 Å². The molecule has 0 unspecified atom stereocenters. The van der Waals surface area contributed by atoms with Crippen molar-refractivity contribution in [2.24, 2.45) is 0 Å². The Balaban J connectivity index is 1.28. The van der Waals surface area contributed by atoms with Gasteiger partial charge in [-0.2, -0.15) is 0 Å². The molecule has 4 aromatic rings. The van der Waals surface area contributed by atoms with Crippen LogP contribution < -0.4 is 10.0 Å². The lowest BCUT2D eigenvalue weighted by molar-refractivity contribution is -0.384. The van der Waals surface area contributed by atoms with Crippen LogP contribution in [0.2, 0.25) is 5.02 Å². The molecule has 1 aliphatic rings. The first-order valence-corrected chi connectivity index (χ1v) is 17.7. The summed E-state index contributed by atoms with van der Waals surface area (Å²) in [7, 11) is -4.49. The van der Waals surface area contributed by atoms with E-state index < -0.39 is 55.4 Å². The van der Waals surface area contributed by atoms with Gasteiger partial charge in [0.15, 0.2) is 0 Å². The van der Waals surface area contributed by atoms with Gasteiger partial charge >= 0.3 is 0 Å². The molecule has 49 heavy (non-hydrogen) atoms. The number of carbonyl (C=O) groups is 4. The number of rotatable bonds is 11. The fourth-order valence-corrected chi connectivity index (χ4v) is 6.91. The molecule has 1 fully saturated rings. The summed E-state index contributed by atoms with van der Waals surface area (Å²) in [6, 6.07) is 23.7. The molecule has 16 heteroatoms. The summed E-state index contributed by atoms with van der Waals surface area (Å²) in [4.78, 5) is 63.0. The van der Waals surface area contributed by atoms with Gasteiger partial charge in [0.25, 0.3) is 32.8 Å². The highest BCUT2D eigenvalue weighted by molar-refractivity contribution is 9.10. The van der Waals surface area contributed by atoms with Crippen LogP contribution in [-0.4, -0.2) is 53.8 Å². The molecule has 0 bridgehead atoms. The predicted molar refractivity (Wildman–Crippen MR) is 188 cm³/mol. The molecule has 4 aromatic carbocycles. The number of nitro groups is 1. The lowest BCUT2D eigenvalue weighted by atomic mass is 10.0. The molecule has 0 saturated carbocycles. The SMILES string of the molecule is O=C(CN1C(=O)SC(=Cc2ccc(-c3ccc(Cl)cc3)cc2)C1=O)N[C@@H](Cc1ccc(Br)cc1)C(=O)NS(=O)(=O)c1ccc([N+](=O)[O-])cc1. The number of carbonyl (C=O) groups excluding carboxylic acids is 4. The third-order valence-electron chi connectivity index (χ3n) is 7.16. The first-order chi connectivity index (χ1) is 23.3. The van der Waals surface area contributed by atoms with E-state index in [1.54, 1.807) is 48.5 Å². The largest absolute Gasteiger partial charge is 0.342 e. The summed E-state index contributed by atoms with van der Waals surface area (Å²) >= 11 is 9.93. The zero-order valence-corrected chi connectivity index (χ0v) is 29.0. The second kappa shape index (κ2) is 15.2. The van der Waals surface area contributed by atoms with Gasteiger partial charge in [0.2, 0.25) is 5.91 Å². The summed E-state index contributed by atoms with van der Waals surface area (Å²) in [6.07, 6.45) is 1.38. The van der Waals surface area contributed by atoms with Crippen LogP contribution >= 0.6 is 39.3 Å². The Bertz CT molecular complexity index is 2080. The molecule has 4 amide bonds. The Morgan fingerprint density at radius 1 is 0.918 bits per heavy atom. The van der Waals surface area contributed by atoms with E-state index in [2.05, 4.69) is 21.2 Å². The number of nitro benzene ring substituents is 1. The molecule has 5 rings (SSSR count). The maximum Gasteiger partial charge on any atom is 0.294 e. The molecule has 0 aromatic heterocycles. The van der Waals surface area contributed by atoms with Crippen molar-refractivity contribution in [3.05, 3.63) is 133 Å². The number of nitrogens with zero attached hydrogens (tertiary/aromatic N) is 2. The molecule has 0 aliphatic carbocycles. The lowest BCUT2D eigenvalue weighted by Gasteiger charge is -2.20. The predicted octanol–water partition coefficient (Wildman–Crippen LogP) is 5.95. The summed E-state index contributed by atoms with van der Waals surface area (Å²) in [6.45, 7) is -0.725. The quantitative estimate of drug-likeness (QED) is 0.106. The van der Waals surface area contributed by atoms with Crippen molar-refractivity contribution >= 4 is 84.0 Å².